The van der Waals surface area contributed by atoms with Gasteiger partial charge in [-0.3, -0.25) is 14.4 Å². The number of rotatable bonds is 8. The molecular weight excluding hydrogens is 252 g/mol. The molecule has 0 bridgehead atoms. The first-order chi connectivity index (χ1) is 8.73. The monoisotopic (exact) mass is 274 g/mol. The molecule has 0 amide bonds. The number of aliphatic hydroxyl groups is 1. The number of esters is 2. The van der Waals surface area contributed by atoms with Crippen LogP contribution in [0.1, 0.15) is 40.5 Å². The van der Waals surface area contributed by atoms with E-state index < -0.39 is 24.8 Å². The van der Waals surface area contributed by atoms with Crippen LogP contribution in [0, 0.1) is 11.8 Å². The Morgan fingerprint density at radius 1 is 0.947 bits per heavy atom. The van der Waals surface area contributed by atoms with Crippen molar-refractivity contribution in [2.24, 2.45) is 11.8 Å². The first kappa shape index (κ1) is 17.6. The second-order valence-corrected chi connectivity index (χ2v) is 4.94. The van der Waals surface area contributed by atoms with Gasteiger partial charge in [-0.15, -0.1) is 0 Å². The molecule has 1 N–H and O–H groups in total. The van der Waals surface area contributed by atoms with E-state index >= 15 is 0 Å². The van der Waals surface area contributed by atoms with Crippen LogP contribution >= 0.6 is 0 Å². The summed E-state index contributed by atoms with van der Waals surface area (Å²) in [6.07, 6.45) is -1.45. The fourth-order valence-corrected chi connectivity index (χ4v) is 1.11. The highest BCUT2D eigenvalue weighted by Gasteiger charge is 2.18. The van der Waals surface area contributed by atoms with E-state index in [9.17, 15) is 19.5 Å². The number of carbonyl (C=O) groups excluding carboxylic acids is 3. The van der Waals surface area contributed by atoms with Gasteiger partial charge in [-0.2, -0.15) is 0 Å². The summed E-state index contributed by atoms with van der Waals surface area (Å²) in [5.41, 5.74) is 0. The zero-order valence-corrected chi connectivity index (χ0v) is 11.8. The predicted octanol–water partition coefficient (Wildman–Crippen LogP) is 1.05. The lowest BCUT2D eigenvalue weighted by Gasteiger charge is -2.11. The van der Waals surface area contributed by atoms with Crippen molar-refractivity contribution in [2.75, 3.05) is 6.79 Å². The molecule has 6 heteroatoms. The summed E-state index contributed by atoms with van der Waals surface area (Å²) in [6.45, 7) is 6.29. The second kappa shape index (κ2) is 8.63. The summed E-state index contributed by atoms with van der Waals surface area (Å²) in [7, 11) is 0. The molecule has 1 unspecified atom stereocenters. The quantitative estimate of drug-likeness (QED) is 0.525. The zero-order valence-electron chi connectivity index (χ0n) is 11.8. The van der Waals surface area contributed by atoms with Crippen LogP contribution in [-0.4, -0.2) is 35.7 Å². The third-order valence-electron chi connectivity index (χ3n) is 2.38. The van der Waals surface area contributed by atoms with Gasteiger partial charge in [-0.1, -0.05) is 27.7 Å². The Balaban J connectivity index is 3.86. The fraction of sp³-hybridized carbons (Fsp3) is 0.769. The van der Waals surface area contributed by atoms with Crippen molar-refractivity contribution in [1.82, 2.24) is 0 Å². The predicted molar refractivity (Wildman–Crippen MR) is 67.0 cm³/mol. The Kier molecular flexibility index (Phi) is 7.98. The van der Waals surface area contributed by atoms with Gasteiger partial charge in [0.25, 0.3) is 0 Å². The topological polar surface area (TPSA) is 89.9 Å². The molecule has 0 fully saturated rings. The molecule has 19 heavy (non-hydrogen) atoms. The number of ketones is 1. The van der Waals surface area contributed by atoms with Crippen LogP contribution in [0.4, 0.5) is 0 Å². The Hall–Kier alpha value is -1.43. The van der Waals surface area contributed by atoms with Crippen LogP contribution < -0.4 is 0 Å². The number of aliphatic hydroxyl groups excluding tert-OH is 1. The third kappa shape index (κ3) is 8.31. The minimum atomic E-state index is -1.07. The van der Waals surface area contributed by atoms with Crippen molar-refractivity contribution in [3.8, 4) is 0 Å². The summed E-state index contributed by atoms with van der Waals surface area (Å²) < 4.78 is 9.27. The number of hydrogen-bond donors (Lipinski definition) is 1. The minimum absolute atomic E-state index is 0.0848. The van der Waals surface area contributed by atoms with Crippen molar-refractivity contribution in [2.45, 2.75) is 46.6 Å². The van der Waals surface area contributed by atoms with Gasteiger partial charge < -0.3 is 14.6 Å². The average molecular weight is 274 g/mol. The maximum absolute atomic E-state index is 11.3. The number of ether oxygens (including phenoxy) is 2. The third-order valence-corrected chi connectivity index (χ3v) is 2.38. The number of Topliss-reactive ketones (excluding diaryl/α,β-unsaturated/α-hetero) is 1. The van der Waals surface area contributed by atoms with Gasteiger partial charge in [0.05, 0.1) is 18.4 Å². The lowest BCUT2D eigenvalue weighted by molar-refractivity contribution is -0.170. The number of carbonyl (C=O) groups is 3. The van der Waals surface area contributed by atoms with Crippen LogP contribution in [0.5, 0.6) is 0 Å². The molecule has 0 aliphatic heterocycles. The average Bonchev–Trinajstić information content (AvgIpc) is 2.27. The van der Waals surface area contributed by atoms with E-state index in [0.717, 1.165) is 0 Å². The molecule has 110 valence electrons. The summed E-state index contributed by atoms with van der Waals surface area (Å²) in [6, 6.07) is 0. The van der Waals surface area contributed by atoms with E-state index in [-0.39, 0.29) is 30.5 Å². The SMILES string of the molecule is CC(C)C(=O)CC(O)CC(=O)OCOC(=O)C(C)C. The molecule has 0 aromatic heterocycles. The molecule has 0 aliphatic carbocycles. The van der Waals surface area contributed by atoms with Crippen molar-refractivity contribution < 1.29 is 29.0 Å². The van der Waals surface area contributed by atoms with E-state index in [1.807, 2.05) is 0 Å². The summed E-state index contributed by atoms with van der Waals surface area (Å²) in [4.78, 5) is 33.7. The molecule has 0 aromatic rings. The van der Waals surface area contributed by atoms with E-state index in [4.69, 9.17) is 0 Å². The van der Waals surface area contributed by atoms with Crippen molar-refractivity contribution in [3.05, 3.63) is 0 Å². The molecule has 0 saturated carbocycles. The Morgan fingerprint density at radius 3 is 2.00 bits per heavy atom. The van der Waals surface area contributed by atoms with Crippen LogP contribution in [0.2, 0.25) is 0 Å². The van der Waals surface area contributed by atoms with Crippen LogP contribution in [-0.2, 0) is 23.9 Å². The standard InChI is InChI=1S/C13H22O6/c1-8(2)11(15)5-10(14)6-12(16)18-7-19-13(17)9(3)4/h8-10,14H,5-7H2,1-4H3. The van der Waals surface area contributed by atoms with Gasteiger partial charge in [0, 0.05) is 12.3 Å². The van der Waals surface area contributed by atoms with Crippen LogP contribution in [0.25, 0.3) is 0 Å². The van der Waals surface area contributed by atoms with Gasteiger partial charge in [0.1, 0.15) is 5.78 Å². The van der Waals surface area contributed by atoms with Crippen LogP contribution in [0.3, 0.4) is 0 Å². The second-order valence-electron chi connectivity index (χ2n) is 4.94. The number of hydrogen-bond acceptors (Lipinski definition) is 6. The molecule has 6 nitrogen and oxygen atoms in total. The minimum Gasteiger partial charge on any atom is -0.428 e. The van der Waals surface area contributed by atoms with Crippen molar-refractivity contribution >= 4 is 17.7 Å². The van der Waals surface area contributed by atoms with E-state index in [1.165, 1.54) is 0 Å². The highest BCUT2D eigenvalue weighted by molar-refractivity contribution is 5.81. The summed E-state index contributed by atoms with van der Waals surface area (Å²) >= 11 is 0. The van der Waals surface area contributed by atoms with Gasteiger partial charge in [0.2, 0.25) is 6.79 Å². The first-order valence-corrected chi connectivity index (χ1v) is 6.27. The molecule has 0 rings (SSSR count). The summed E-state index contributed by atoms with van der Waals surface area (Å²) in [5.74, 6) is -1.78. The molecule has 0 saturated heterocycles. The Labute approximate surface area is 113 Å². The van der Waals surface area contributed by atoms with Crippen molar-refractivity contribution in [1.29, 1.82) is 0 Å². The maximum atomic E-state index is 11.3. The molecule has 0 aromatic carbocycles. The van der Waals surface area contributed by atoms with Gasteiger partial charge in [-0.25, -0.2) is 0 Å². The van der Waals surface area contributed by atoms with E-state index in [1.54, 1.807) is 27.7 Å². The lowest BCUT2D eigenvalue weighted by atomic mass is 10.0. The van der Waals surface area contributed by atoms with Gasteiger partial charge >= 0.3 is 11.9 Å². The van der Waals surface area contributed by atoms with Crippen LogP contribution in [0.15, 0.2) is 0 Å². The molecule has 0 heterocycles. The zero-order chi connectivity index (χ0) is 15.0. The van der Waals surface area contributed by atoms with Gasteiger partial charge in [0.15, 0.2) is 0 Å². The smallest absolute Gasteiger partial charge is 0.311 e. The Morgan fingerprint density at radius 2 is 1.53 bits per heavy atom. The molecular formula is C13H22O6. The lowest BCUT2D eigenvalue weighted by Crippen LogP contribution is -2.23. The molecule has 0 spiro atoms. The highest BCUT2D eigenvalue weighted by atomic mass is 16.7. The first-order valence-electron chi connectivity index (χ1n) is 6.27. The summed E-state index contributed by atoms with van der Waals surface area (Å²) in [5, 5.41) is 9.51. The molecule has 0 aliphatic rings. The molecule has 0 radical (unpaired) electrons. The van der Waals surface area contributed by atoms with Crippen molar-refractivity contribution in [3.63, 3.8) is 0 Å². The van der Waals surface area contributed by atoms with E-state index in [2.05, 4.69) is 9.47 Å². The fourth-order valence-electron chi connectivity index (χ4n) is 1.11. The van der Waals surface area contributed by atoms with E-state index in [0.29, 0.717) is 0 Å². The highest BCUT2D eigenvalue weighted by Crippen LogP contribution is 2.06. The van der Waals surface area contributed by atoms with Gasteiger partial charge in [-0.05, 0) is 0 Å². The normalized spacial score (nSPS) is 12.4. The molecule has 1 atom stereocenters. The Bertz CT molecular complexity index is 321. The largest absolute Gasteiger partial charge is 0.428 e. The maximum Gasteiger partial charge on any atom is 0.311 e.